The average molecular weight is 191 g/mol. The monoisotopic (exact) mass is 191 g/mol. The molecule has 60 valence electrons. The summed E-state index contributed by atoms with van der Waals surface area (Å²) >= 11 is 4.89. The number of H-pyrrole nitrogens is 1. The van der Waals surface area contributed by atoms with Crippen LogP contribution in [0.25, 0.3) is 0 Å². The summed E-state index contributed by atoms with van der Waals surface area (Å²) in [6, 6.07) is 0. The predicted octanol–water partition coefficient (Wildman–Crippen LogP) is 0.564. The Balaban J connectivity index is 3.29. The Morgan fingerprint density at radius 2 is 2.36 bits per heavy atom. The number of thiol groups is 1. The molecule has 0 atom stereocenters. The smallest absolute Gasteiger partial charge is 0.342 e. The normalized spacial score (nSPS) is 9.91. The zero-order chi connectivity index (χ0) is 8.43. The van der Waals surface area contributed by atoms with Crippen LogP contribution in [0.2, 0.25) is 0 Å². The first-order chi connectivity index (χ1) is 5.16. The largest absolute Gasteiger partial charge is 0.477 e. The van der Waals surface area contributed by atoms with Crippen LogP contribution in [0.15, 0.2) is 4.79 Å². The van der Waals surface area contributed by atoms with Crippen molar-refractivity contribution in [2.24, 2.45) is 0 Å². The Bertz CT molecular complexity index is 327. The van der Waals surface area contributed by atoms with Gasteiger partial charge in [0.2, 0.25) is 0 Å². The van der Waals surface area contributed by atoms with Crippen molar-refractivity contribution in [3.8, 4) is 0 Å². The first-order valence-corrected chi connectivity index (χ1v) is 4.16. The molecular formula is C5H5NO3S2. The van der Waals surface area contributed by atoms with Crippen LogP contribution in [0.5, 0.6) is 0 Å². The average Bonchev–Trinajstić information content (AvgIpc) is 2.30. The van der Waals surface area contributed by atoms with Gasteiger partial charge in [0.1, 0.15) is 5.56 Å². The van der Waals surface area contributed by atoms with E-state index in [-0.39, 0.29) is 11.3 Å². The number of hydrogen-bond donors (Lipinski definition) is 3. The highest BCUT2D eigenvalue weighted by Gasteiger charge is 2.15. The van der Waals surface area contributed by atoms with Gasteiger partial charge < -0.3 is 5.11 Å². The van der Waals surface area contributed by atoms with Crippen LogP contribution in [0, 0.1) is 0 Å². The van der Waals surface area contributed by atoms with Crippen molar-refractivity contribution in [3.63, 3.8) is 0 Å². The van der Waals surface area contributed by atoms with Gasteiger partial charge in [-0.15, -0.1) is 0 Å². The topological polar surface area (TPSA) is 70.2 Å². The molecule has 2 N–H and O–H groups in total. The molecule has 0 aliphatic rings. The summed E-state index contributed by atoms with van der Waals surface area (Å²) in [4.78, 5) is 21.7. The summed E-state index contributed by atoms with van der Waals surface area (Å²) in [5.41, 5.74) is -0.739. The van der Waals surface area contributed by atoms with E-state index in [0.29, 0.717) is 4.88 Å². The maximum Gasteiger partial charge on any atom is 0.342 e. The van der Waals surface area contributed by atoms with Crippen molar-refractivity contribution >= 4 is 30.1 Å². The van der Waals surface area contributed by atoms with Gasteiger partial charge in [-0.05, 0) is 0 Å². The zero-order valence-electron chi connectivity index (χ0n) is 5.33. The van der Waals surface area contributed by atoms with Gasteiger partial charge in [-0.3, -0.25) is 9.17 Å². The van der Waals surface area contributed by atoms with E-state index in [1.54, 1.807) is 0 Å². The number of rotatable bonds is 2. The van der Waals surface area contributed by atoms with E-state index in [2.05, 4.69) is 17.0 Å². The second kappa shape index (κ2) is 3.10. The third-order valence-corrected chi connectivity index (χ3v) is 2.54. The molecule has 0 aliphatic heterocycles. The maximum atomic E-state index is 10.8. The molecule has 0 aliphatic carbocycles. The molecule has 0 bridgehead atoms. The molecule has 0 spiro atoms. The molecule has 4 nitrogen and oxygen atoms in total. The van der Waals surface area contributed by atoms with Crippen LogP contribution in [0.3, 0.4) is 0 Å². The van der Waals surface area contributed by atoms with Gasteiger partial charge >= 0.3 is 5.97 Å². The molecule has 0 unspecified atom stereocenters. The standard InChI is InChI=1S/C5H5NO3S2/c7-4-3(5(8)9)2(1-10)11-6-4/h10H,1H2,(H,6,7)(H,8,9). The maximum absolute atomic E-state index is 10.8. The minimum atomic E-state index is -1.20. The zero-order valence-corrected chi connectivity index (χ0v) is 7.04. The highest BCUT2D eigenvalue weighted by atomic mass is 32.1. The van der Waals surface area contributed by atoms with Gasteiger partial charge in [0.05, 0.1) is 4.88 Å². The highest BCUT2D eigenvalue weighted by molar-refractivity contribution is 7.79. The summed E-state index contributed by atoms with van der Waals surface area (Å²) in [5.74, 6) is -0.929. The fraction of sp³-hybridized carbons (Fsp3) is 0.200. The molecule has 0 saturated heterocycles. The minimum Gasteiger partial charge on any atom is -0.477 e. The fourth-order valence-electron chi connectivity index (χ4n) is 0.664. The first-order valence-electron chi connectivity index (χ1n) is 2.71. The lowest BCUT2D eigenvalue weighted by Gasteiger charge is -1.88. The molecule has 1 rings (SSSR count). The number of aromatic nitrogens is 1. The summed E-state index contributed by atoms with van der Waals surface area (Å²) < 4.78 is 2.33. The van der Waals surface area contributed by atoms with E-state index in [1.807, 2.05) is 0 Å². The highest BCUT2D eigenvalue weighted by Crippen LogP contribution is 2.11. The number of carboxylic acid groups (broad SMARTS) is 1. The van der Waals surface area contributed by atoms with Crippen LogP contribution in [0.4, 0.5) is 0 Å². The molecule has 11 heavy (non-hydrogen) atoms. The Kier molecular flexibility index (Phi) is 2.35. The molecule has 0 aromatic carbocycles. The Morgan fingerprint density at radius 3 is 2.73 bits per heavy atom. The Hall–Kier alpha value is -0.750. The van der Waals surface area contributed by atoms with Crippen molar-refractivity contribution in [2.45, 2.75) is 5.75 Å². The second-order valence-electron chi connectivity index (χ2n) is 1.79. The third-order valence-electron chi connectivity index (χ3n) is 1.13. The van der Waals surface area contributed by atoms with Gasteiger partial charge in [0.15, 0.2) is 0 Å². The molecule has 0 fully saturated rings. The van der Waals surface area contributed by atoms with Crippen molar-refractivity contribution < 1.29 is 9.90 Å². The van der Waals surface area contributed by atoms with Crippen molar-refractivity contribution in [1.29, 1.82) is 0 Å². The molecule has 0 radical (unpaired) electrons. The van der Waals surface area contributed by atoms with E-state index < -0.39 is 11.5 Å². The first kappa shape index (κ1) is 8.35. The van der Waals surface area contributed by atoms with Gasteiger partial charge in [0, 0.05) is 5.75 Å². The van der Waals surface area contributed by atoms with Gasteiger partial charge in [-0.1, -0.05) is 11.5 Å². The summed E-state index contributed by atoms with van der Waals surface area (Å²) in [6.45, 7) is 0. The van der Waals surface area contributed by atoms with Crippen molar-refractivity contribution in [3.05, 3.63) is 20.8 Å². The number of nitrogens with one attached hydrogen (secondary N) is 1. The number of carbonyl (C=O) groups is 1. The van der Waals surface area contributed by atoms with Gasteiger partial charge in [0.25, 0.3) is 5.56 Å². The molecule has 1 heterocycles. The SMILES string of the molecule is O=C(O)c1c(CS)s[nH]c1=O. The number of aromatic amines is 1. The van der Waals surface area contributed by atoms with E-state index in [4.69, 9.17) is 5.11 Å². The lowest BCUT2D eigenvalue weighted by Crippen LogP contribution is -2.12. The molecule has 0 saturated carbocycles. The van der Waals surface area contributed by atoms with Gasteiger partial charge in [-0.25, -0.2) is 4.79 Å². The van der Waals surface area contributed by atoms with Crippen LogP contribution in [-0.4, -0.2) is 15.4 Å². The molecular weight excluding hydrogens is 186 g/mol. The molecule has 6 heteroatoms. The number of aromatic carboxylic acids is 1. The lowest BCUT2D eigenvalue weighted by atomic mass is 10.3. The third kappa shape index (κ3) is 1.46. The van der Waals surface area contributed by atoms with Crippen LogP contribution in [0.1, 0.15) is 15.2 Å². The quantitative estimate of drug-likeness (QED) is 0.598. The summed E-state index contributed by atoms with van der Waals surface area (Å²) in [5, 5.41) is 8.52. The molecule has 1 aromatic rings. The molecule has 0 amide bonds. The van der Waals surface area contributed by atoms with Gasteiger partial charge in [-0.2, -0.15) is 12.6 Å². The Morgan fingerprint density at radius 1 is 1.73 bits per heavy atom. The van der Waals surface area contributed by atoms with E-state index in [1.165, 1.54) is 0 Å². The molecule has 1 aromatic heterocycles. The van der Waals surface area contributed by atoms with Crippen LogP contribution >= 0.6 is 24.2 Å². The van der Waals surface area contributed by atoms with Crippen LogP contribution in [-0.2, 0) is 5.75 Å². The predicted molar refractivity (Wildman–Crippen MR) is 44.6 cm³/mol. The fourth-order valence-corrected chi connectivity index (χ4v) is 1.68. The van der Waals surface area contributed by atoms with E-state index in [9.17, 15) is 9.59 Å². The van der Waals surface area contributed by atoms with E-state index in [0.717, 1.165) is 11.5 Å². The summed E-state index contributed by atoms with van der Waals surface area (Å²) in [7, 11) is 0. The van der Waals surface area contributed by atoms with Crippen LogP contribution < -0.4 is 5.56 Å². The Labute approximate surface area is 71.4 Å². The number of carboxylic acids is 1. The second-order valence-corrected chi connectivity index (χ2v) is 3.01. The minimum absolute atomic E-state index is 0.190. The van der Waals surface area contributed by atoms with Crippen molar-refractivity contribution in [2.75, 3.05) is 0 Å². The summed E-state index contributed by atoms with van der Waals surface area (Å²) in [6.07, 6.45) is 0. The van der Waals surface area contributed by atoms with Crippen molar-refractivity contribution in [1.82, 2.24) is 4.37 Å². The number of hydrogen-bond acceptors (Lipinski definition) is 4. The lowest BCUT2D eigenvalue weighted by molar-refractivity contribution is 0.0695. The van der Waals surface area contributed by atoms with E-state index >= 15 is 0 Å².